The summed E-state index contributed by atoms with van der Waals surface area (Å²) < 4.78 is 11.2. The van der Waals surface area contributed by atoms with Crippen molar-refractivity contribution < 1.29 is 24.2 Å². The highest BCUT2D eigenvalue weighted by molar-refractivity contribution is 14.1. The molecule has 0 saturated carbocycles. The average Bonchev–Trinajstić information content (AvgIpc) is 3.12. The predicted octanol–water partition coefficient (Wildman–Crippen LogP) is 3.83. The fourth-order valence-electron chi connectivity index (χ4n) is 3.18. The molecule has 30 heavy (non-hydrogen) atoms. The number of carbonyl (C=O) groups excluding carboxylic acids is 2. The third-order valence-corrected chi connectivity index (χ3v) is 5.49. The number of halogens is 1. The summed E-state index contributed by atoms with van der Waals surface area (Å²) in [5.74, 6) is 0. The third-order valence-electron chi connectivity index (χ3n) is 4.55. The Bertz CT molecular complexity index is 812. The first kappa shape index (κ1) is 24.0. The van der Waals surface area contributed by atoms with Crippen LogP contribution in [0, 0.1) is 3.57 Å². The van der Waals surface area contributed by atoms with Crippen LogP contribution in [0.4, 0.5) is 15.3 Å². The number of carbonyl (C=O) groups is 2. The number of para-hydroxylation sites is 1. The maximum atomic E-state index is 12.8. The number of anilines is 1. The molecule has 0 aromatic heterocycles. The summed E-state index contributed by atoms with van der Waals surface area (Å²) in [5.41, 5.74) is 5.15. The van der Waals surface area contributed by atoms with E-state index in [0.29, 0.717) is 6.42 Å². The number of nitrogens with one attached hydrogen (secondary N) is 2. The fourth-order valence-corrected chi connectivity index (χ4v) is 3.72. The number of benzene rings is 1. The fraction of sp³-hybridized carbons (Fsp3) is 0.429. The lowest BCUT2D eigenvalue weighted by Crippen LogP contribution is -2.57. The Balaban J connectivity index is 2.44. The molecule has 164 valence electrons. The molecule has 1 aromatic carbocycles. The minimum absolute atomic E-state index is 0.0186. The third kappa shape index (κ3) is 6.11. The standard InChI is InChI=1S/C21H28IN3O5/c1-4-29-20(27)24-25(21(28)30-5-2)19-15(14(3)12-13-26)10-11-18(19)23-17-9-7-6-8-16(17)22/h6-11,18-19,23,26H,4-5,12-13H2,1-3H3,(H,24,27)/b15-14+/t18-,19-/m1/s1. The van der Waals surface area contributed by atoms with Crippen molar-refractivity contribution in [2.24, 2.45) is 0 Å². The number of hydrogen-bond donors (Lipinski definition) is 3. The van der Waals surface area contributed by atoms with E-state index >= 15 is 0 Å². The van der Waals surface area contributed by atoms with Gasteiger partial charge in [-0.2, -0.15) is 0 Å². The maximum Gasteiger partial charge on any atom is 0.429 e. The molecule has 9 heteroatoms. The SMILES string of the molecule is CCOC(=O)NN(C(=O)OCC)[C@@H]1/C(=C(\C)CCO)C=C[C@H]1Nc1ccccc1I. The van der Waals surface area contributed by atoms with Gasteiger partial charge in [-0.25, -0.2) is 20.0 Å². The van der Waals surface area contributed by atoms with E-state index in [2.05, 4.69) is 33.3 Å². The van der Waals surface area contributed by atoms with Crippen LogP contribution in [0.5, 0.6) is 0 Å². The minimum Gasteiger partial charge on any atom is -0.449 e. The Morgan fingerprint density at radius 3 is 2.53 bits per heavy atom. The van der Waals surface area contributed by atoms with Gasteiger partial charge in [0.15, 0.2) is 0 Å². The molecule has 0 radical (unpaired) electrons. The van der Waals surface area contributed by atoms with Crippen LogP contribution < -0.4 is 10.7 Å². The topological polar surface area (TPSA) is 100 Å². The van der Waals surface area contributed by atoms with Gasteiger partial charge in [-0.1, -0.05) is 29.9 Å². The number of rotatable bonds is 7. The average molecular weight is 529 g/mol. The maximum absolute atomic E-state index is 12.8. The smallest absolute Gasteiger partial charge is 0.429 e. The Morgan fingerprint density at radius 2 is 1.90 bits per heavy atom. The number of hydrazine groups is 1. The normalized spacial score (nSPS) is 19.2. The van der Waals surface area contributed by atoms with E-state index in [0.717, 1.165) is 25.4 Å². The molecule has 2 amide bonds. The summed E-state index contributed by atoms with van der Waals surface area (Å²) in [5, 5.41) is 14.0. The second-order valence-corrected chi connectivity index (χ2v) is 7.73. The van der Waals surface area contributed by atoms with Crippen molar-refractivity contribution in [1.82, 2.24) is 10.4 Å². The van der Waals surface area contributed by atoms with Gasteiger partial charge in [0.1, 0.15) is 6.04 Å². The molecule has 0 saturated heterocycles. The first-order valence-corrected chi connectivity index (χ1v) is 10.9. The zero-order valence-corrected chi connectivity index (χ0v) is 19.5. The lowest BCUT2D eigenvalue weighted by molar-refractivity contribution is 0.0616. The summed E-state index contributed by atoms with van der Waals surface area (Å²) in [6.45, 7) is 5.58. The first-order chi connectivity index (χ1) is 14.4. The van der Waals surface area contributed by atoms with Crippen LogP contribution in [-0.2, 0) is 9.47 Å². The van der Waals surface area contributed by atoms with Crippen molar-refractivity contribution in [2.45, 2.75) is 39.3 Å². The van der Waals surface area contributed by atoms with Gasteiger partial charge < -0.3 is 19.9 Å². The first-order valence-electron chi connectivity index (χ1n) is 9.82. The van der Waals surface area contributed by atoms with Crippen molar-refractivity contribution >= 4 is 40.5 Å². The highest BCUT2D eigenvalue weighted by atomic mass is 127. The van der Waals surface area contributed by atoms with Crippen molar-refractivity contribution in [3.63, 3.8) is 0 Å². The largest absolute Gasteiger partial charge is 0.449 e. The molecule has 0 unspecified atom stereocenters. The quantitative estimate of drug-likeness (QED) is 0.367. The number of ether oxygens (including phenoxy) is 2. The zero-order valence-electron chi connectivity index (χ0n) is 17.4. The summed E-state index contributed by atoms with van der Waals surface area (Å²) in [4.78, 5) is 24.9. The summed E-state index contributed by atoms with van der Waals surface area (Å²) in [6.07, 6.45) is 2.85. The molecule has 1 aliphatic carbocycles. The molecular weight excluding hydrogens is 501 g/mol. The predicted molar refractivity (Wildman–Crippen MR) is 123 cm³/mol. The number of aliphatic hydroxyl groups excluding tert-OH is 1. The van der Waals surface area contributed by atoms with Gasteiger partial charge in [0, 0.05) is 15.9 Å². The van der Waals surface area contributed by atoms with E-state index in [4.69, 9.17) is 9.47 Å². The molecule has 0 bridgehead atoms. The van der Waals surface area contributed by atoms with E-state index in [-0.39, 0.29) is 25.9 Å². The Labute approximate surface area is 190 Å². The van der Waals surface area contributed by atoms with E-state index < -0.39 is 18.2 Å². The van der Waals surface area contributed by atoms with Crippen LogP contribution in [0.3, 0.4) is 0 Å². The molecule has 3 N–H and O–H groups in total. The highest BCUT2D eigenvalue weighted by Crippen LogP contribution is 2.30. The van der Waals surface area contributed by atoms with Crippen LogP contribution in [0.2, 0.25) is 0 Å². The molecule has 0 aliphatic heterocycles. The second-order valence-electron chi connectivity index (χ2n) is 6.56. The van der Waals surface area contributed by atoms with Crippen LogP contribution in [-0.4, -0.2) is 54.2 Å². The molecule has 2 rings (SSSR count). The Morgan fingerprint density at radius 1 is 1.20 bits per heavy atom. The van der Waals surface area contributed by atoms with Crippen molar-refractivity contribution in [3.8, 4) is 0 Å². The summed E-state index contributed by atoms with van der Waals surface area (Å²) in [7, 11) is 0. The molecule has 0 heterocycles. The zero-order chi connectivity index (χ0) is 22.1. The molecule has 1 aromatic rings. The molecule has 0 spiro atoms. The van der Waals surface area contributed by atoms with Crippen LogP contribution in [0.1, 0.15) is 27.2 Å². The molecule has 8 nitrogen and oxygen atoms in total. The molecule has 1 aliphatic rings. The summed E-state index contributed by atoms with van der Waals surface area (Å²) in [6, 6.07) is 6.87. The number of amides is 2. The van der Waals surface area contributed by atoms with Gasteiger partial charge in [0.05, 0.1) is 19.3 Å². The van der Waals surface area contributed by atoms with Crippen molar-refractivity contribution in [1.29, 1.82) is 0 Å². The Hall–Kier alpha value is -2.27. The van der Waals surface area contributed by atoms with Crippen LogP contribution in [0.15, 0.2) is 47.6 Å². The molecule has 0 fully saturated rings. The van der Waals surface area contributed by atoms with Gasteiger partial charge in [0.25, 0.3) is 0 Å². The highest BCUT2D eigenvalue weighted by Gasteiger charge is 2.38. The van der Waals surface area contributed by atoms with Crippen molar-refractivity contribution in [3.05, 3.63) is 51.1 Å². The van der Waals surface area contributed by atoms with Gasteiger partial charge in [-0.05, 0) is 67.5 Å². The van der Waals surface area contributed by atoms with E-state index in [1.165, 1.54) is 0 Å². The summed E-state index contributed by atoms with van der Waals surface area (Å²) >= 11 is 2.23. The Kier molecular flexibility index (Phi) is 9.44. The minimum atomic E-state index is -0.746. The monoisotopic (exact) mass is 529 g/mol. The van der Waals surface area contributed by atoms with Gasteiger partial charge in [-0.3, -0.25) is 0 Å². The lowest BCUT2D eigenvalue weighted by atomic mass is 9.99. The van der Waals surface area contributed by atoms with Gasteiger partial charge in [-0.15, -0.1) is 0 Å². The molecular formula is C21H28IN3O5. The van der Waals surface area contributed by atoms with E-state index in [9.17, 15) is 14.7 Å². The number of hydrogen-bond acceptors (Lipinski definition) is 6. The van der Waals surface area contributed by atoms with Crippen molar-refractivity contribution in [2.75, 3.05) is 25.1 Å². The van der Waals surface area contributed by atoms with Crippen LogP contribution in [0.25, 0.3) is 0 Å². The number of aliphatic hydroxyl groups is 1. The second kappa shape index (κ2) is 11.8. The van der Waals surface area contributed by atoms with E-state index in [1.54, 1.807) is 13.8 Å². The number of nitrogens with zero attached hydrogens (tertiary/aromatic N) is 1. The van der Waals surface area contributed by atoms with E-state index in [1.807, 2.05) is 43.3 Å². The molecule has 2 atom stereocenters. The lowest BCUT2D eigenvalue weighted by Gasteiger charge is -2.34. The van der Waals surface area contributed by atoms with Gasteiger partial charge in [0.2, 0.25) is 0 Å². The van der Waals surface area contributed by atoms with Crippen LogP contribution >= 0.6 is 22.6 Å². The van der Waals surface area contributed by atoms with Gasteiger partial charge >= 0.3 is 12.2 Å².